The van der Waals surface area contributed by atoms with Crippen molar-refractivity contribution in [2.45, 2.75) is 31.8 Å². The fourth-order valence-electron chi connectivity index (χ4n) is 3.02. The summed E-state index contributed by atoms with van der Waals surface area (Å²) in [5.74, 6) is 0.139. The molecule has 0 N–H and O–H groups in total. The molecule has 2 fully saturated rings. The summed E-state index contributed by atoms with van der Waals surface area (Å²) in [5, 5.41) is 0.651. The minimum atomic E-state index is -0.246. The molecular formula is C15H17ClN2O2. The van der Waals surface area contributed by atoms with Crippen LogP contribution in [-0.2, 0) is 16.1 Å². The predicted octanol–water partition coefficient (Wildman–Crippen LogP) is 2.06. The maximum atomic E-state index is 12.5. The summed E-state index contributed by atoms with van der Waals surface area (Å²) in [4.78, 5) is 28.0. The number of halogens is 1. The van der Waals surface area contributed by atoms with Crippen LogP contribution in [0.4, 0.5) is 0 Å². The lowest BCUT2D eigenvalue weighted by Crippen LogP contribution is -2.60. The first kappa shape index (κ1) is 13.4. The number of carbonyl (C=O) groups is 2. The Bertz CT molecular complexity index is 546. The summed E-state index contributed by atoms with van der Waals surface area (Å²) >= 11 is 5.96. The molecule has 0 bridgehead atoms. The molecule has 2 amide bonds. The Kier molecular flexibility index (Phi) is 3.66. The lowest BCUT2D eigenvalue weighted by Gasteiger charge is -2.42. The lowest BCUT2D eigenvalue weighted by molar-refractivity contribution is -0.158. The van der Waals surface area contributed by atoms with Gasteiger partial charge in [-0.15, -0.1) is 0 Å². The molecule has 2 saturated heterocycles. The van der Waals surface area contributed by atoms with E-state index in [-0.39, 0.29) is 24.4 Å². The number of hydrogen-bond donors (Lipinski definition) is 0. The maximum absolute atomic E-state index is 12.5. The van der Waals surface area contributed by atoms with E-state index in [0.29, 0.717) is 11.6 Å². The van der Waals surface area contributed by atoms with Crippen LogP contribution in [0.25, 0.3) is 0 Å². The van der Waals surface area contributed by atoms with Gasteiger partial charge in [0.2, 0.25) is 11.8 Å². The van der Waals surface area contributed by atoms with Crippen LogP contribution < -0.4 is 0 Å². The van der Waals surface area contributed by atoms with E-state index in [2.05, 4.69) is 0 Å². The van der Waals surface area contributed by atoms with Crippen molar-refractivity contribution in [2.75, 3.05) is 13.1 Å². The quantitative estimate of drug-likeness (QED) is 0.837. The molecule has 0 radical (unpaired) electrons. The number of benzene rings is 1. The zero-order valence-corrected chi connectivity index (χ0v) is 12.0. The molecule has 106 valence electrons. The second-order valence-electron chi connectivity index (χ2n) is 5.42. The third-order valence-corrected chi connectivity index (χ3v) is 4.24. The summed E-state index contributed by atoms with van der Waals surface area (Å²) < 4.78 is 0. The van der Waals surface area contributed by atoms with E-state index in [4.69, 9.17) is 11.6 Å². The number of rotatable bonds is 2. The van der Waals surface area contributed by atoms with Crippen LogP contribution in [0, 0.1) is 0 Å². The minimum Gasteiger partial charge on any atom is -0.329 e. The Morgan fingerprint density at radius 1 is 1.25 bits per heavy atom. The Morgan fingerprint density at radius 2 is 2.10 bits per heavy atom. The second kappa shape index (κ2) is 5.44. The first-order valence-corrected chi connectivity index (χ1v) is 7.35. The molecule has 1 unspecified atom stereocenters. The van der Waals surface area contributed by atoms with Crippen LogP contribution >= 0.6 is 11.6 Å². The summed E-state index contributed by atoms with van der Waals surface area (Å²) in [6.07, 6.45) is 2.81. The van der Waals surface area contributed by atoms with Crippen LogP contribution in [0.1, 0.15) is 24.8 Å². The van der Waals surface area contributed by atoms with E-state index in [1.165, 1.54) is 0 Å². The standard InChI is InChI=1S/C15H17ClN2O2/c16-12-5-3-4-11(8-12)9-17-10-14(19)18-7-2-1-6-13(18)15(17)20/h3-5,8,13H,1-2,6-7,9-10H2. The number of carbonyl (C=O) groups excluding carboxylic acids is 2. The van der Waals surface area contributed by atoms with Crippen LogP contribution in [0.5, 0.6) is 0 Å². The van der Waals surface area contributed by atoms with Gasteiger partial charge in [0.25, 0.3) is 0 Å². The molecule has 1 aromatic rings. The van der Waals surface area contributed by atoms with Crippen molar-refractivity contribution >= 4 is 23.4 Å². The van der Waals surface area contributed by atoms with Gasteiger partial charge in [0, 0.05) is 18.1 Å². The SMILES string of the molecule is O=C1C2CCCCN2C(=O)CN1Cc1cccc(Cl)c1. The van der Waals surface area contributed by atoms with Gasteiger partial charge in [-0.3, -0.25) is 9.59 Å². The molecule has 1 atom stereocenters. The number of hydrogen-bond acceptors (Lipinski definition) is 2. The molecule has 0 aliphatic carbocycles. The average molecular weight is 293 g/mol. The zero-order valence-electron chi connectivity index (χ0n) is 11.2. The maximum Gasteiger partial charge on any atom is 0.246 e. The molecule has 5 heteroatoms. The van der Waals surface area contributed by atoms with Gasteiger partial charge in [-0.1, -0.05) is 23.7 Å². The van der Waals surface area contributed by atoms with Gasteiger partial charge in [-0.25, -0.2) is 0 Å². The van der Waals surface area contributed by atoms with E-state index < -0.39 is 0 Å². The largest absolute Gasteiger partial charge is 0.329 e. The van der Waals surface area contributed by atoms with Gasteiger partial charge in [-0.2, -0.15) is 0 Å². The van der Waals surface area contributed by atoms with Crippen LogP contribution in [-0.4, -0.2) is 40.7 Å². The first-order chi connectivity index (χ1) is 9.65. The molecule has 2 aliphatic rings. The highest BCUT2D eigenvalue weighted by molar-refractivity contribution is 6.30. The highest BCUT2D eigenvalue weighted by Crippen LogP contribution is 2.24. The highest BCUT2D eigenvalue weighted by atomic mass is 35.5. The smallest absolute Gasteiger partial charge is 0.246 e. The summed E-state index contributed by atoms with van der Waals surface area (Å²) in [6, 6.07) is 7.19. The van der Waals surface area contributed by atoms with Gasteiger partial charge in [0.05, 0.1) is 0 Å². The fourth-order valence-corrected chi connectivity index (χ4v) is 3.23. The Hall–Kier alpha value is -1.55. The van der Waals surface area contributed by atoms with E-state index in [1.807, 2.05) is 18.2 Å². The zero-order chi connectivity index (χ0) is 14.1. The molecular weight excluding hydrogens is 276 g/mol. The van der Waals surface area contributed by atoms with E-state index in [9.17, 15) is 9.59 Å². The molecule has 20 heavy (non-hydrogen) atoms. The highest BCUT2D eigenvalue weighted by Gasteiger charge is 2.40. The summed E-state index contributed by atoms with van der Waals surface area (Å²) in [6.45, 7) is 1.36. The van der Waals surface area contributed by atoms with Gasteiger partial charge < -0.3 is 9.80 Å². The second-order valence-corrected chi connectivity index (χ2v) is 5.86. The molecule has 0 spiro atoms. The van der Waals surface area contributed by atoms with Gasteiger partial charge >= 0.3 is 0 Å². The minimum absolute atomic E-state index is 0.0660. The molecule has 2 heterocycles. The molecule has 2 aliphatic heterocycles. The summed E-state index contributed by atoms with van der Waals surface area (Å²) in [7, 11) is 0. The third-order valence-electron chi connectivity index (χ3n) is 4.01. The van der Waals surface area contributed by atoms with Crippen molar-refractivity contribution in [1.82, 2.24) is 9.80 Å². The molecule has 3 rings (SSSR count). The van der Waals surface area contributed by atoms with Crippen molar-refractivity contribution in [1.29, 1.82) is 0 Å². The van der Waals surface area contributed by atoms with Gasteiger partial charge in [0.15, 0.2) is 0 Å². The first-order valence-electron chi connectivity index (χ1n) is 6.98. The summed E-state index contributed by atoms with van der Waals surface area (Å²) in [5.41, 5.74) is 0.961. The number of amides is 2. The van der Waals surface area contributed by atoms with Crippen molar-refractivity contribution < 1.29 is 9.59 Å². The van der Waals surface area contributed by atoms with E-state index in [1.54, 1.807) is 15.9 Å². The van der Waals surface area contributed by atoms with Crippen LogP contribution in [0.15, 0.2) is 24.3 Å². The van der Waals surface area contributed by atoms with Crippen molar-refractivity contribution in [3.8, 4) is 0 Å². The number of nitrogens with zero attached hydrogens (tertiary/aromatic N) is 2. The molecule has 0 saturated carbocycles. The predicted molar refractivity (Wildman–Crippen MR) is 76.2 cm³/mol. The Morgan fingerprint density at radius 3 is 2.90 bits per heavy atom. The van der Waals surface area contributed by atoms with E-state index in [0.717, 1.165) is 31.4 Å². The third kappa shape index (κ3) is 2.52. The van der Waals surface area contributed by atoms with Crippen molar-refractivity contribution in [2.24, 2.45) is 0 Å². The molecule has 1 aromatic carbocycles. The molecule has 4 nitrogen and oxygen atoms in total. The van der Waals surface area contributed by atoms with Crippen LogP contribution in [0.2, 0.25) is 5.02 Å². The Labute approximate surface area is 123 Å². The number of piperazine rings is 1. The normalized spacial score (nSPS) is 22.9. The topological polar surface area (TPSA) is 40.6 Å². The number of fused-ring (bicyclic) bond motifs is 1. The van der Waals surface area contributed by atoms with E-state index >= 15 is 0 Å². The fraction of sp³-hybridized carbons (Fsp3) is 0.467. The molecule has 0 aromatic heterocycles. The van der Waals surface area contributed by atoms with Crippen LogP contribution in [0.3, 0.4) is 0 Å². The van der Waals surface area contributed by atoms with Gasteiger partial charge in [0.1, 0.15) is 12.6 Å². The average Bonchev–Trinajstić information content (AvgIpc) is 2.45. The van der Waals surface area contributed by atoms with Crippen molar-refractivity contribution in [3.05, 3.63) is 34.9 Å². The number of piperidine rings is 1. The monoisotopic (exact) mass is 292 g/mol. The van der Waals surface area contributed by atoms with Gasteiger partial charge in [-0.05, 0) is 37.0 Å². The lowest BCUT2D eigenvalue weighted by atomic mass is 9.98. The van der Waals surface area contributed by atoms with Crippen molar-refractivity contribution in [3.63, 3.8) is 0 Å². The Balaban J connectivity index is 1.77.